The van der Waals surface area contributed by atoms with E-state index in [9.17, 15) is 4.79 Å². The number of para-hydroxylation sites is 1. The number of hydrogen-bond acceptors (Lipinski definition) is 2. The molecule has 1 heterocycles. The molecule has 0 aromatic heterocycles. The molecular formula is C16H15N3OS. The Kier molecular flexibility index (Phi) is 3.58. The van der Waals surface area contributed by atoms with Crippen molar-refractivity contribution in [2.24, 2.45) is 0 Å². The van der Waals surface area contributed by atoms with Crippen LogP contribution >= 0.6 is 12.2 Å². The SMILES string of the molecule is Cc1ccccc1NC(=O)Nc1ccc2c(c1)NC(=S)C2. The van der Waals surface area contributed by atoms with Crippen molar-refractivity contribution in [3.63, 3.8) is 0 Å². The van der Waals surface area contributed by atoms with Crippen LogP contribution in [0.3, 0.4) is 0 Å². The highest BCUT2D eigenvalue weighted by Gasteiger charge is 2.15. The van der Waals surface area contributed by atoms with E-state index in [-0.39, 0.29) is 6.03 Å². The monoisotopic (exact) mass is 297 g/mol. The third-order valence-electron chi connectivity index (χ3n) is 3.39. The highest BCUT2D eigenvalue weighted by Crippen LogP contribution is 2.27. The smallest absolute Gasteiger partial charge is 0.323 e. The number of aryl methyl sites for hydroxylation is 1. The van der Waals surface area contributed by atoms with Gasteiger partial charge in [-0.2, -0.15) is 0 Å². The molecular weight excluding hydrogens is 282 g/mol. The van der Waals surface area contributed by atoms with Crippen molar-refractivity contribution in [3.05, 3.63) is 53.6 Å². The second kappa shape index (κ2) is 5.54. The number of urea groups is 1. The van der Waals surface area contributed by atoms with Gasteiger partial charge in [0.25, 0.3) is 0 Å². The quantitative estimate of drug-likeness (QED) is 0.736. The summed E-state index contributed by atoms with van der Waals surface area (Å²) in [4.78, 5) is 12.8. The molecule has 21 heavy (non-hydrogen) atoms. The Hall–Kier alpha value is -2.40. The van der Waals surface area contributed by atoms with Crippen molar-refractivity contribution >= 4 is 40.3 Å². The number of amides is 2. The second-order valence-electron chi connectivity index (χ2n) is 4.99. The molecule has 3 rings (SSSR count). The predicted molar refractivity (Wildman–Crippen MR) is 90.2 cm³/mol. The van der Waals surface area contributed by atoms with Crippen LogP contribution in [0.15, 0.2) is 42.5 Å². The minimum absolute atomic E-state index is 0.259. The third-order valence-corrected chi connectivity index (χ3v) is 3.63. The summed E-state index contributed by atoms with van der Waals surface area (Å²) in [5.74, 6) is 0. The first kappa shape index (κ1) is 13.6. The van der Waals surface area contributed by atoms with Crippen LogP contribution in [0.25, 0.3) is 0 Å². The first-order chi connectivity index (χ1) is 10.1. The molecule has 0 bridgehead atoms. The van der Waals surface area contributed by atoms with E-state index in [0.29, 0.717) is 0 Å². The number of carbonyl (C=O) groups is 1. The van der Waals surface area contributed by atoms with Crippen molar-refractivity contribution in [2.75, 3.05) is 16.0 Å². The van der Waals surface area contributed by atoms with Crippen LogP contribution in [-0.2, 0) is 6.42 Å². The molecule has 0 aliphatic carbocycles. The topological polar surface area (TPSA) is 53.2 Å². The molecule has 0 unspecified atom stereocenters. The van der Waals surface area contributed by atoms with E-state index in [2.05, 4.69) is 16.0 Å². The Labute approximate surface area is 128 Å². The number of rotatable bonds is 2. The van der Waals surface area contributed by atoms with Crippen LogP contribution in [0.4, 0.5) is 21.9 Å². The van der Waals surface area contributed by atoms with Crippen molar-refractivity contribution in [1.82, 2.24) is 0 Å². The van der Waals surface area contributed by atoms with Gasteiger partial charge in [-0.15, -0.1) is 0 Å². The van der Waals surface area contributed by atoms with E-state index < -0.39 is 0 Å². The highest BCUT2D eigenvalue weighted by molar-refractivity contribution is 7.80. The minimum atomic E-state index is -0.259. The summed E-state index contributed by atoms with van der Waals surface area (Å²) in [5.41, 5.74) is 4.68. The molecule has 1 aliphatic rings. The summed E-state index contributed by atoms with van der Waals surface area (Å²) in [6, 6.07) is 13.2. The average molecular weight is 297 g/mol. The van der Waals surface area contributed by atoms with Gasteiger partial charge in [-0.3, -0.25) is 0 Å². The van der Waals surface area contributed by atoms with E-state index in [1.54, 1.807) is 0 Å². The molecule has 4 nitrogen and oxygen atoms in total. The predicted octanol–water partition coefficient (Wildman–Crippen LogP) is 3.93. The van der Waals surface area contributed by atoms with Crippen LogP contribution in [0.1, 0.15) is 11.1 Å². The van der Waals surface area contributed by atoms with E-state index in [1.165, 1.54) is 0 Å². The maximum atomic E-state index is 12.0. The molecule has 0 atom stereocenters. The van der Waals surface area contributed by atoms with Gasteiger partial charge in [0.2, 0.25) is 0 Å². The maximum absolute atomic E-state index is 12.0. The maximum Gasteiger partial charge on any atom is 0.323 e. The first-order valence-electron chi connectivity index (χ1n) is 6.68. The number of carbonyl (C=O) groups excluding carboxylic acids is 1. The normalized spacial score (nSPS) is 12.5. The van der Waals surface area contributed by atoms with Gasteiger partial charge in [-0.25, -0.2) is 4.79 Å². The van der Waals surface area contributed by atoms with Gasteiger partial charge in [-0.1, -0.05) is 36.5 Å². The number of nitrogens with one attached hydrogen (secondary N) is 3. The summed E-state index contributed by atoms with van der Waals surface area (Å²) in [5, 5.41) is 8.80. The molecule has 1 aliphatic heterocycles. The van der Waals surface area contributed by atoms with Crippen LogP contribution < -0.4 is 16.0 Å². The third kappa shape index (κ3) is 3.03. The van der Waals surface area contributed by atoms with E-state index in [1.807, 2.05) is 49.4 Å². The van der Waals surface area contributed by atoms with Crippen molar-refractivity contribution in [1.29, 1.82) is 0 Å². The summed E-state index contributed by atoms with van der Waals surface area (Å²) in [7, 11) is 0. The van der Waals surface area contributed by atoms with Crippen molar-refractivity contribution < 1.29 is 4.79 Å². The molecule has 2 aromatic carbocycles. The van der Waals surface area contributed by atoms with Crippen LogP contribution in [-0.4, -0.2) is 11.0 Å². The van der Waals surface area contributed by atoms with Gasteiger partial charge < -0.3 is 16.0 Å². The molecule has 0 spiro atoms. The van der Waals surface area contributed by atoms with Crippen molar-refractivity contribution in [3.8, 4) is 0 Å². The molecule has 2 amide bonds. The zero-order valence-corrected chi connectivity index (χ0v) is 12.4. The first-order valence-corrected chi connectivity index (χ1v) is 7.09. The van der Waals surface area contributed by atoms with Gasteiger partial charge >= 0.3 is 6.03 Å². The Morgan fingerprint density at radius 2 is 2.00 bits per heavy atom. The number of thiocarbonyl (C=S) groups is 1. The van der Waals surface area contributed by atoms with Gasteiger partial charge in [0.15, 0.2) is 0 Å². The Morgan fingerprint density at radius 3 is 2.81 bits per heavy atom. The fourth-order valence-corrected chi connectivity index (χ4v) is 2.56. The largest absolute Gasteiger partial charge is 0.349 e. The van der Waals surface area contributed by atoms with E-state index in [0.717, 1.165) is 39.6 Å². The molecule has 2 aromatic rings. The minimum Gasteiger partial charge on any atom is -0.349 e. The number of anilines is 3. The number of hydrogen-bond donors (Lipinski definition) is 3. The lowest BCUT2D eigenvalue weighted by atomic mass is 10.1. The van der Waals surface area contributed by atoms with Gasteiger partial charge in [0.05, 0.1) is 4.99 Å². The summed E-state index contributed by atoms with van der Waals surface area (Å²) in [6.45, 7) is 1.95. The number of fused-ring (bicyclic) bond motifs is 1. The van der Waals surface area contributed by atoms with Crippen molar-refractivity contribution in [2.45, 2.75) is 13.3 Å². The summed E-state index contributed by atoms with van der Waals surface area (Å²) < 4.78 is 0. The number of benzene rings is 2. The molecule has 0 radical (unpaired) electrons. The average Bonchev–Trinajstić information content (AvgIpc) is 2.80. The molecule has 3 N–H and O–H groups in total. The molecule has 5 heteroatoms. The highest BCUT2D eigenvalue weighted by atomic mass is 32.1. The summed E-state index contributed by atoms with van der Waals surface area (Å²) >= 11 is 5.15. The molecule has 106 valence electrons. The lowest BCUT2D eigenvalue weighted by Crippen LogP contribution is -2.19. The van der Waals surface area contributed by atoms with Crippen LogP contribution in [0.5, 0.6) is 0 Å². The Morgan fingerprint density at radius 1 is 1.19 bits per heavy atom. The van der Waals surface area contributed by atoms with Gasteiger partial charge in [-0.05, 0) is 36.2 Å². The molecule has 0 saturated carbocycles. The van der Waals surface area contributed by atoms with E-state index in [4.69, 9.17) is 12.2 Å². The Bertz CT molecular complexity index is 727. The van der Waals surface area contributed by atoms with Crippen LogP contribution in [0.2, 0.25) is 0 Å². The Balaban J connectivity index is 1.70. The molecule has 0 fully saturated rings. The van der Waals surface area contributed by atoms with E-state index >= 15 is 0 Å². The van der Waals surface area contributed by atoms with Gasteiger partial charge in [0, 0.05) is 23.5 Å². The zero-order valence-electron chi connectivity index (χ0n) is 11.6. The van der Waals surface area contributed by atoms with Crippen LogP contribution in [0, 0.1) is 6.92 Å². The lowest BCUT2D eigenvalue weighted by Gasteiger charge is -2.10. The fraction of sp³-hybridized carbons (Fsp3) is 0.125. The second-order valence-corrected chi connectivity index (χ2v) is 5.48. The van der Waals surface area contributed by atoms with Gasteiger partial charge in [0.1, 0.15) is 0 Å². The standard InChI is InChI=1S/C16H15N3OS/c1-10-4-2-3-5-13(10)19-16(20)17-12-7-6-11-8-15(21)18-14(11)9-12/h2-7,9H,8H2,1H3,(H,18,21)(H2,17,19,20). The zero-order chi connectivity index (χ0) is 14.8. The lowest BCUT2D eigenvalue weighted by molar-refractivity contribution is 0.262. The fourth-order valence-electron chi connectivity index (χ4n) is 2.29. The molecule has 0 saturated heterocycles. The summed E-state index contributed by atoms with van der Waals surface area (Å²) in [6.07, 6.45) is 0.764.